The zero-order chi connectivity index (χ0) is 21.2. The number of hydrogen-bond acceptors (Lipinski definition) is 5. The molecule has 0 amide bonds. The summed E-state index contributed by atoms with van der Waals surface area (Å²) in [5, 5.41) is 10.1. The van der Waals surface area contributed by atoms with Gasteiger partial charge in [0.15, 0.2) is 0 Å². The summed E-state index contributed by atoms with van der Waals surface area (Å²) in [6.07, 6.45) is -5.33. The topological polar surface area (TPSA) is 83.9 Å². The Balaban J connectivity index is 2.42. The van der Waals surface area contributed by atoms with Crippen molar-refractivity contribution in [2.45, 2.75) is 23.6 Å². The van der Waals surface area contributed by atoms with Crippen molar-refractivity contribution in [3.8, 4) is 0 Å². The summed E-state index contributed by atoms with van der Waals surface area (Å²) in [6.45, 7) is 0.953. The second-order valence-corrected chi connectivity index (χ2v) is 7.73. The molecule has 0 aliphatic carbocycles. The van der Waals surface area contributed by atoms with Gasteiger partial charge in [-0.15, -0.1) is 0 Å². The summed E-state index contributed by atoms with van der Waals surface area (Å²) in [5.41, 5.74) is -4.60. The van der Waals surface area contributed by atoms with Crippen LogP contribution in [0.4, 0.5) is 18.9 Å². The third-order valence-electron chi connectivity index (χ3n) is 4.03. The predicted octanol–water partition coefficient (Wildman–Crippen LogP) is 2.82. The van der Waals surface area contributed by atoms with E-state index in [1.165, 1.54) is 38.2 Å². The molecule has 0 aliphatic rings. The molecule has 2 aromatic rings. The van der Waals surface area contributed by atoms with E-state index in [-0.39, 0.29) is 17.2 Å². The van der Waals surface area contributed by atoms with Gasteiger partial charge in [0.2, 0.25) is 0 Å². The highest BCUT2D eigenvalue weighted by molar-refractivity contribution is 7.92. The first-order chi connectivity index (χ1) is 13.0. The van der Waals surface area contributed by atoms with Crippen LogP contribution in [-0.4, -0.2) is 39.3 Å². The van der Waals surface area contributed by atoms with Gasteiger partial charge in [-0.1, -0.05) is 30.3 Å². The minimum absolute atomic E-state index is 0.0000957. The summed E-state index contributed by atoms with van der Waals surface area (Å²) in [4.78, 5) is 11.8. The zero-order valence-corrected chi connectivity index (χ0v) is 15.8. The summed E-state index contributed by atoms with van der Waals surface area (Å²) in [6, 6.07) is 11.2. The van der Waals surface area contributed by atoms with E-state index in [9.17, 15) is 31.5 Å². The Morgan fingerprint density at radius 3 is 2.07 bits per heavy atom. The Kier molecular flexibility index (Phi) is 6.05. The molecule has 1 atom stereocenters. The van der Waals surface area contributed by atoms with E-state index >= 15 is 0 Å². The smallest absolute Gasteiger partial charge is 0.432 e. The molecule has 0 saturated carbocycles. The van der Waals surface area contributed by atoms with Gasteiger partial charge in [-0.2, -0.15) is 13.2 Å². The molecule has 28 heavy (non-hydrogen) atoms. The lowest BCUT2D eigenvalue weighted by molar-refractivity contribution is -0.267. The number of alkyl halides is 3. The van der Waals surface area contributed by atoms with Crippen molar-refractivity contribution in [1.29, 1.82) is 0 Å². The fourth-order valence-electron chi connectivity index (χ4n) is 2.43. The molecule has 0 fully saturated rings. The van der Waals surface area contributed by atoms with Gasteiger partial charge in [0.25, 0.3) is 15.6 Å². The largest absolute Gasteiger partial charge is 0.463 e. The number of benzene rings is 2. The first-order valence-corrected chi connectivity index (χ1v) is 9.51. The van der Waals surface area contributed by atoms with Gasteiger partial charge in [-0.3, -0.25) is 4.31 Å². The molecule has 0 heterocycles. The van der Waals surface area contributed by atoms with Gasteiger partial charge in [-0.25, -0.2) is 13.2 Å². The molecule has 0 aliphatic heterocycles. The first kappa shape index (κ1) is 21.7. The van der Waals surface area contributed by atoms with Crippen molar-refractivity contribution in [3.63, 3.8) is 0 Å². The van der Waals surface area contributed by atoms with Crippen molar-refractivity contribution < 1.29 is 36.2 Å². The van der Waals surface area contributed by atoms with Crippen LogP contribution < -0.4 is 4.31 Å². The lowest BCUT2D eigenvalue weighted by Gasteiger charge is -2.29. The van der Waals surface area contributed by atoms with E-state index in [1.807, 2.05) is 0 Å². The molecule has 2 rings (SSSR count). The molecular weight excluding hydrogens is 399 g/mol. The highest BCUT2D eigenvalue weighted by Crippen LogP contribution is 2.40. The molecule has 0 aromatic heterocycles. The molecule has 0 unspecified atom stereocenters. The van der Waals surface area contributed by atoms with Gasteiger partial charge in [0, 0.05) is 12.6 Å². The SMILES string of the molecule is CCOC(=O)[C@](O)(c1ccc(N(C)S(=O)(=O)c2ccccc2)cc1)C(F)(F)F. The predicted molar refractivity (Wildman–Crippen MR) is 95.1 cm³/mol. The molecule has 0 bridgehead atoms. The monoisotopic (exact) mass is 417 g/mol. The van der Waals surface area contributed by atoms with Crippen molar-refractivity contribution in [2.24, 2.45) is 0 Å². The minimum atomic E-state index is -5.33. The molecule has 10 heteroatoms. The zero-order valence-electron chi connectivity index (χ0n) is 15.0. The second-order valence-electron chi connectivity index (χ2n) is 5.76. The van der Waals surface area contributed by atoms with E-state index in [2.05, 4.69) is 4.74 Å². The lowest BCUT2D eigenvalue weighted by atomic mass is 9.93. The molecule has 2 aromatic carbocycles. The Labute approximate surface area is 160 Å². The molecule has 6 nitrogen and oxygen atoms in total. The van der Waals surface area contributed by atoms with Crippen LogP contribution >= 0.6 is 0 Å². The van der Waals surface area contributed by atoms with Gasteiger partial charge in [0.1, 0.15) is 0 Å². The molecule has 0 radical (unpaired) electrons. The summed E-state index contributed by atoms with van der Waals surface area (Å²) < 4.78 is 70.5. The maximum atomic E-state index is 13.4. The van der Waals surface area contributed by atoms with Crippen molar-refractivity contribution in [2.75, 3.05) is 18.0 Å². The second kappa shape index (κ2) is 7.80. The number of aliphatic hydroxyl groups is 1. The fraction of sp³-hybridized carbons (Fsp3) is 0.278. The van der Waals surface area contributed by atoms with E-state index in [0.717, 1.165) is 28.6 Å². The average Bonchev–Trinajstić information content (AvgIpc) is 2.66. The van der Waals surface area contributed by atoms with Crippen LogP contribution in [0.5, 0.6) is 0 Å². The Morgan fingerprint density at radius 2 is 1.61 bits per heavy atom. The summed E-state index contributed by atoms with van der Waals surface area (Å²) in [5.74, 6) is -1.86. The third kappa shape index (κ3) is 3.83. The van der Waals surface area contributed by atoms with Crippen LogP contribution in [-0.2, 0) is 25.2 Å². The maximum Gasteiger partial charge on any atom is 0.432 e. The molecule has 1 N–H and O–H groups in total. The van der Waals surface area contributed by atoms with Gasteiger partial charge in [-0.05, 0) is 31.2 Å². The molecule has 0 spiro atoms. The quantitative estimate of drug-likeness (QED) is 0.731. The van der Waals surface area contributed by atoms with Gasteiger partial charge >= 0.3 is 12.1 Å². The average molecular weight is 417 g/mol. The van der Waals surface area contributed by atoms with Crippen molar-refractivity contribution in [3.05, 3.63) is 60.2 Å². The van der Waals surface area contributed by atoms with E-state index < -0.39 is 33.3 Å². The van der Waals surface area contributed by atoms with Crippen LogP contribution in [0.15, 0.2) is 59.5 Å². The van der Waals surface area contributed by atoms with Crippen LogP contribution in [0.2, 0.25) is 0 Å². The number of hydrogen-bond donors (Lipinski definition) is 1. The summed E-state index contributed by atoms with van der Waals surface area (Å²) >= 11 is 0. The first-order valence-electron chi connectivity index (χ1n) is 8.07. The van der Waals surface area contributed by atoms with Crippen LogP contribution in [0.3, 0.4) is 0 Å². The number of nitrogens with zero attached hydrogens (tertiary/aromatic N) is 1. The minimum Gasteiger partial charge on any atom is -0.463 e. The highest BCUT2D eigenvalue weighted by Gasteiger charge is 2.62. The number of carbonyl (C=O) groups excluding carboxylic acids is 1. The van der Waals surface area contributed by atoms with Crippen molar-refractivity contribution in [1.82, 2.24) is 0 Å². The van der Waals surface area contributed by atoms with E-state index in [0.29, 0.717) is 0 Å². The van der Waals surface area contributed by atoms with Gasteiger partial charge in [0.05, 0.1) is 17.2 Å². The Bertz CT molecular complexity index is 930. The fourth-order valence-corrected chi connectivity index (χ4v) is 3.65. The lowest BCUT2D eigenvalue weighted by Crippen LogP contribution is -2.50. The maximum absolute atomic E-state index is 13.4. The normalized spacial score (nSPS) is 14.2. The molecule has 152 valence electrons. The van der Waals surface area contributed by atoms with E-state index in [4.69, 9.17) is 0 Å². The molecular formula is C18H18F3NO5S. The highest BCUT2D eigenvalue weighted by atomic mass is 32.2. The number of halogens is 3. The number of carbonyl (C=O) groups is 1. The van der Waals surface area contributed by atoms with Crippen LogP contribution in [0, 0.1) is 0 Å². The Morgan fingerprint density at radius 1 is 1.07 bits per heavy atom. The standard InChI is InChI=1S/C18H18F3NO5S/c1-3-27-16(23)17(24,18(19,20)21)13-9-11-14(12-10-13)22(2)28(25,26)15-7-5-4-6-8-15/h4-12,24H,3H2,1-2H3/t17-/m1/s1. The number of ether oxygens (including phenoxy) is 1. The third-order valence-corrected chi connectivity index (χ3v) is 5.83. The number of anilines is 1. The number of esters is 1. The van der Waals surface area contributed by atoms with Crippen molar-refractivity contribution >= 4 is 21.7 Å². The van der Waals surface area contributed by atoms with E-state index in [1.54, 1.807) is 6.07 Å². The van der Waals surface area contributed by atoms with Crippen LogP contribution in [0.1, 0.15) is 12.5 Å². The Hall–Kier alpha value is -2.59. The number of rotatable bonds is 6. The van der Waals surface area contributed by atoms with Gasteiger partial charge < -0.3 is 9.84 Å². The van der Waals surface area contributed by atoms with Crippen LogP contribution in [0.25, 0.3) is 0 Å². The summed E-state index contributed by atoms with van der Waals surface area (Å²) in [7, 11) is -2.70. The number of sulfonamides is 1. The molecule has 0 saturated heterocycles.